The van der Waals surface area contributed by atoms with Gasteiger partial charge in [-0.2, -0.15) is 0 Å². The van der Waals surface area contributed by atoms with E-state index in [0.29, 0.717) is 6.42 Å². The molecule has 0 unspecified atom stereocenters. The van der Waals surface area contributed by atoms with Crippen molar-refractivity contribution in [2.45, 2.75) is 52.4 Å². The van der Waals surface area contributed by atoms with Gasteiger partial charge in [-0.1, -0.05) is 32.6 Å². The van der Waals surface area contributed by atoms with E-state index in [1.165, 1.54) is 25.7 Å². The minimum absolute atomic E-state index is 0.203. The number of rotatable bonds is 7. The van der Waals surface area contributed by atoms with E-state index in [4.69, 9.17) is 0 Å². The highest BCUT2D eigenvalue weighted by atomic mass is 16.1. The van der Waals surface area contributed by atoms with E-state index in [9.17, 15) is 4.79 Å². The molecule has 12 heavy (non-hydrogen) atoms. The van der Waals surface area contributed by atoms with Crippen LogP contribution in [-0.4, -0.2) is 12.5 Å². The van der Waals surface area contributed by atoms with Gasteiger partial charge < -0.3 is 5.32 Å². The van der Waals surface area contributed by atoms with Crippen molar-refractivity contribution in [2.75, 3.05) is 6.54 Å². The maximum atomic E-state index is 11.0. The largest absolute Gasteiger partial charge is 0.356 e. The Labute approximate surface area is 75.7 Å². The predicted molar refractivity (Wildman–Crippen MR) is 52.1 cm³/mol. The highest BCUT2D eigenvalue weighted by molar-refractivity contribution is 5.75. The molecule has 0 fully saturated rings. The molecule has 2 nitrogen and oxygen atoms in total. The standard InChI is InChI=1S/C10H21NO/c1-3-5-6-7-8-9-10(12)11-4-2/h3-9H2,1-2H3,(H,11,12). The van der Waals surface area contributed by atoms with Crippen LogP contribution in [0.3, 0.4) is 0 Å². The molecule has 0 atom stereocenters. The molecule has 0 saturated carbocycles. The summed E-state index contributed by atoms with van der Waals surface area (Å²) in [5.41, 5.74) is 0. The van der Waals surface area contributed by atoms with E-state index < -0.39 is 0 Å². The molecular formula is C10H21NO. The van der Waals surface area contributed by atoms with Crippen molar-refractivity contribution in [3.63, 3.8) is 0 Å². The predicted octanol–water partition coefficient (Wildman–Crippen LogP) is 2.48. The summed E-state index contributed by atoms with van der Waals surface area (Å²) >= 11 is 0. The molecule has 0 rings (SSSR count). The number of hydrogen-bond acceptors (Lipinski definition) is 1. The Morgan fingerprint density at radius 3 is 2.33 bits per heavy atom. The van der Waals surface area contributed by atoms with Gasteiger partial charge in [0, 0.05) is 13.0 Å². The zero-order valence-corrected chi connectivity index (χ0v) is 8.36. The van der Waals surface area contributed by atoms with Gasteiger partial charge >= 0.3 is 0 Å². The van der Waals surface area contributed by atoms with Gasteiger partial charge in [0.15, 0.2) is 0 Å². The van der Waals surface area contributed by atoms with E-state index in [-0.39, 0.29) is 5.91 Å². The summed E-state index contributed by atoms with van der Waals surface area (Å²) < 4.78 is 0. The van der Waals surface area contributed by atoms with Crippen molar-refractivity contribution in [1.29, 1.82) is 0 Å². The van der Waals surface area contributed by atoms with Gasteiger partial charge in [-0.25, -0.2) is 0 Å². The summed E-state index contributed by atoms with van der Waals surface area (Å²) in [6.45, 7) is 4.91. The Morgan fingerprint density at radius 2 is 1.75 bits per heavy atom. The highest BCUT2D eigenvalue weighted by Crippen LogP contribution is 2.04. The molecule has 0 heterocycles. The van der Waals surface area contributed by atoms with Crippen LogP contribution in [0.4, 0.5) is 0 Å². The van der Waals surface area contributed by atoms with Crippen LogP contribution >= 0.6 is 0 Å². The number of unbranched alkanes of at least 4 members (excludes halogenated alkanes) is 4. The van der Waals surface area contributed by atoms with Gasteiger partial charge in [-0.05, 0) is 13.3 Å². The fourth-order valence-corrected chi connectivity index (χ4v) is 1.17. The van der Waals surface area contributed by atoms with Crippen LogP contribution in [0.25, 0.3) is 0 Å². The lowest BCUT2D eigenvalue weighted by Gasteiger charge is -2.01. The lowest BCUT2D eigenvalue weighted by molar-refractivity contribution is -0.121. The number of carbonyl (C=O) groups excluding carboxylic acids is 1. The van der Waals surface area contributed by atoms with Gasteiger partial charge in [-0.15, -0.1) is 0 Å². The molecular weight excluding hydrogens is 150 g/mol. The van der Waals surface area contributed by atoms with Crippen LogP contribution in [-0.2, 0) is 4.79 Å². The van der Waals surface area contributed by atoms with Crippen molar-refractivity contribution in [1.82, 2.24) is 5.32 Å². The normalized spacial score (nSPS) is 9.83. The third-order valence-corrected chi connectivity index (χ3v) is 1.88. The summed E-state index contributed by atoms with van der Waals surface area (Å²) in [7, 11) is 0. The molecule has 1 N–H and O–H groups in total. The Hall–Kier alpha value is -0.530. The average Bonchev–Trinajstić information content (AvgIpc) is 2.05. The zero-order valence-electron chi connectivity index (χ0n) is 8.36. The molecule has 0 aromatic rings. The van der Waals surface area contributed by atoms with Crippen molar-refractivity contribution in [3.8, 4) is 0 Å². The van der Waals surface area contributed by atoms with E-state index in [0.717, 1.165) is 13.0 Å². The number of amides is 1. The summed E-state index contributed by atoms with van der Waals surface area (Å²) in [5, 5.41) is 2.80. The van der Waals surface area contributed by atoms with Crippen molar-refractivity contribution < 1.29 is 4.79 Å². The SMILES string of the molecule is CCCCCCCC(=O)NCC. The smallest absolute Gasteiger partial charge is 0.219 e. The van der Waals surface area contributed by atoms with Crippen LogP contribution < -0.4 is 5.32 Å². The Kier molecular flexibility index (Phi) is 8.19. The monoisotopic (exact) mass is 171 g/mol. The van der Waals surface area contributed by atoms with Crippen LogP contribution in [0, 0.1) is 0 Å². The highest BCUT2D eigenvalue weighted by Gasteiger charge is 1.97. The maximum Gasteiger partial charge on any atom is 0.219 e. The summed E-state index contributed by atoms with van der Waals surface area (Å²) in [6.07, 6.45) is 6.79. The van der Waals surface area contributed by atoms with E-state index in [1.54, 1.807) is 0 Å². The molecule has 0 aliphatic carbocycles. The molecule has 0 bridgehead atoms. The van der Waals surface area contributed by atoms with Gasteiger partial charge in [0.25, 0.3) is 0 Å². The molecule has 0 spiro atoms. The fraction of sp³-hybridized carbons (Fsp3) is 0.900. The molecule has 72 valence electrons. The molecule has 0 aliphatic heterocycles. The molecule has 0 aromatic carbocycles. The summed E-state index contributed by atoms with van der Waals surface area (Å²) in [4.78, 5) is 11.0. The van der Waals surface area contributed by atoms with E-state index in [1.807, 2.05) is 6.92 Å². The van der Waals surface area contributed by atoms with Crippen molar-refractivity contribution in [3.05, 3.63) is 0 Å². The topological polar surface area (TPSA) is 29.1 Å². The van der Waals surface area contributed by atoms with Crippen LogP contribution in [0.2, 0.25) is 0 Å². The zero-order chi connectivity index (χ0) is 9.23. The summed E-state index contributed by atoms with van der Waals surface area (Å²) in [6, 6.07) is 0. The third kappa shape index (κ3) is 7.58. The van der Waals surface area contributed by atoms with E-state index in [2.05, 4.69) is 12.2 Å². The van der Waals surface area contributed by atoms with Gasteiger partial charge in [0.2, 0.25) is 5.91 Å². The first kappa shape index (κ1) is 11.5. The van der Waals surface area contributed by atoms with Gasteiger partial charge in [0.05, 0.1) is 0 Å². The lowest BCUT2D eigenvalue weighted by Crippen LogP contribution is -2.21. The Bertz CT molecular complexity index is 112. The van der Waals surface area contributed by atoms with Crippen molar-refractivity contribution in [2.24, 2.45) is 0 Å². The van der Waals surface area contributed by atoms with Crippen LogP contribution in [0.1, 0.15) is 52.4 Å². The molecule has 0 radical (unpaired) electrons. The second kappa shape index (κ2) is 8.57. The van der Waals surface area contributed by atoms with Crippen LogP contribution in [0.15, 0.2) is 0 Å². The minimum Gasteiger partial charge on any atom is -0.356 e. The molecule has 1 amide bonds. The van der Waals surface area contributed by atoms with Gasteiger partial charge in [0.1, 0.15) is 0 Å². The van der Waals surface area contributed by atoms with Crippen molar-refractivity contribution >= 4 is 5.91 Å². The van der Waals surface area contributed by atoms with E-state index >= 15 is 0 Å². The van der Waals surface area contributed by atoms with Crippen LogP contribution in [0.5, 0.6) is 0 Å². The number of nitrogens with one attached hydrogen (secondary N) is 1. The number of hydrogen-bond donors (Lipinski definition) is 1. The second-order valence-corrected chi connectivity index (χ2v) is 3.12. The quantitative estimate of drug-likeness (QED) is 0.586. The minimum atomic E-state index is 0.203. The average molecular weight is 171 g/mol. The number of carbonyl (C=O) groups is 1. The van der Waals surface area contributed by atoms with Gasteiger partial charge in [-0.3, -0.25) is 4.79 Å². The second-order valence-electron chi connectivity index (χ2n) is 3.12. The molecule has 2 heteroatoms. The first-order valence-corrected chi connectivity index (χ1v) is 5.08. The third-order valence-electron chi connectivity index (χ3n) is 1.88. The molecule has 0 aliphatic rings. The maximum absolute atomic E-state index is 11.0. The summed E-state index contributed by atoms with van der Waals surface area (Å²) in [5.74, 6) is 0.203. The first-order valence-electron chi connectivity index (χ1n) is 5.08. The molecule has 0 saturated heterocycles. The first-order chi connectivity index (χ1) is 5.81. The molecule has 0 aromatic heterocycles. The Balaban J connectivity index is 3.03. The Morgan fingerprint density at radius 1 is 1.08 bits per heavy atom. The fourth-order valence-electron chi connectivity index (χ4n) is 1.17. The lowest BCUT2D eigenvalue weighted by atomic mass is 10.1.